The summed E-state index contributed by atoms with van der Waals surface area (Å²) in [6.07, 6.45) is 4.34. The fourth-order valence-electron chi connectivity index (χ4n) is 2.63. The summed E-state index contributed by atoms with van der Waals surface area (Å²) >= 11 is 1.47. The molecule has 0 spiro atoms. The molecule has 1 aliphatic rings. The average Bonchev–Trinajstić information content (AvgIpc) is 2.95. The van der Waals surface area contributed by atoms with Gasteiger partial charge in [0.05, 0.1) is 24.7 Å². The Balaban J connectivity index is 2.12. The van der Waals surface area contributed by atoms with Gasteiger partial charge in [0, 0.05) is 4.88 Å². The largest absolute Gasteiger partial charge is 0.394 e. The van der Waals surface area contributed by atoms with Crippen LogP contribution >= 0.6 is 11.3 Å². The highest BCUT2D eigenvalue weighted by Crippen LogP contribution is 2.33. The van der Waals surface area contributed by atoms with Crippen LogP contribution < -0.4 is 5.32 Å². The van der Waals surface area contributed by atoms with Gasteiger partial charge in [-0.05, 0) is 36.8 Å². The quantitative estimate of drug-likeness (QED) is 0.623. The van der Waals surface area contributed by atoms with Crippen molar-refractivity contribution in [1.29, 1.82) is 0 Å². The van der Waals surface area contributed by atoms with E-state index in [0.29, 0.717) is 10.8 Å². The molecule has 1 atom stereocenters. The maximum absolute atomic E-state index is 12.3. The van der Waals surface area contributed by atoms with Crippen molar-refractivity contribution in [3.05, 3.63) is 21.4 Å². The number of amides is 1. The molecule has 0 saturated carbocycles. The van der Waals surface area contributed by atoms with Crippen molar-refractivity contribution in [2.45, 2.75) is 38.1 Å². The van der Waals surface area contributed by atoms with Gasteiger partial charge in [-0.2, -0.15) is 0 Å². The van der Waals surface area contributed by atoms with E-state index in [4.69, 9.17) is 0 Å². The summed E-state index contributed by atoms with van der Waals surface area (Å²) in [6, 6.07) is 1.91. The molecule has 21 heavy (non-hydrogen) atoms. The minimum atomic E-state index is -1.37. The second-order valence-corrected chi connectivity index (χ2v) is 6.92. The highest BCUT2D eigenvalue weighted by Gasteiger charge is 2.31. The molecule has 5 nitrogen and oxygen atoms in total. The SMILES string of the molecule is CCC1CCc2sc(C(=O)NC(CO)(CO)CO)cc2C1. The summed E-state index contributed by atoms with van der Waals surface area (Å²) in [4.78, 5) is 14.1. The van der Waals surface area contributed by atoms with Crippen LogP contribution in [0.15, 0.2) is 6.07 Å². The number of carbonyl (C=O) groups is 1. The van der Waals surface area contributed by atoms with Gasteiger partial charge in [0.1, 0.15) is 5.54 Å². The van der Waals surface area contributed by atoms with Crippen LogP contribution in [-0.2, 0) is 12.8 Å². The Labute approximate surface area is 128 Å². The molecule has 1 aliphatic carbocycles. The highest BCUT2D eigenvalue weighted by molar-refractivity contribution is 7.14. The number of aliphatic hydroxyl groups excluding tert-OH is 3. The van der Waals surface area contributed by atoms with Gasteiger partial charge in [0.25, 0.3) is 5.91 Å². The van der Waals surface area contributed by atoms with Gasteiger partial charge in [-0.3, -0.25) is 4.79 Å². The zero-order chi connectivity index (χ0) is 15.5. The number of aryl methyl sites for hydroxylation is 1. The molecular formula is C15H23NO4S. The zero-order valence-electron chi connectivity index (χ0n) is 12.3. The third-order valence-corrected chi connectivity index (χ3v) is 5.51. The van der Waals surface area contributed by atoms with E-state index in [2.05, 4.69) is 12.2 Å². The third kappa shape index (κ3) is 3.45. The first-order valence-corrected chi connectivity index (χ1v) is 8.15. The van der Waals surface area contributed by atoms with Crippen LogP contribution in [0.1, 0.15) is 39.9 Å². The molecule has 0 aliphatic heterocycles. The highest BCUT2D eigenvalue weighted by atomic mass is 32.1. The van der Waals surface area contributed by atoms with Crippen LogP contribution in [-0.4, -0.2) is 46.6 Å². The smallest absolute Gasteiger partial charge is 0.262 e. The van der Waals surface area contributed by atoms with E-state index in [1.54, 1.807) is 0 Å². The lowest BCUT2D eigenvalue weighted by atomic mass is 9.87. The molecule has 0 aromatic carbocycles. The van der Waals surface area contributed by atoms with E-state index in [1.165, 1.54) is 28.2 Å². The van der Waals surface area contributed by atoms with Crippen molar-refractivity contribution in [3.63, 3.8) is 0 Å². The topological polar surface area (TPSA) is 89.8 Å². The third-order valence-electron chi connectivity index (χ3n) is 4.27. The second-order valence-electron chi connectivity index (χ2n) is 5.78. The van der Waals surface area contributed by atoms with E-state index >= 15 is 0 Å². The van der Waals surface area contributed by atoms with Gasteiger partial charge in [-0.25, -0.2) is 0 Å². The number of carbonyl (C=O) groups excluding carboxylic acids is 1. The number of hydrogen-bond donors (Lipinski definition) is 4. The predicted molar refractivity (Wildman–Crippen MR) is 81.6 cm³/mol. The summed E-state index contributed by atoms with van der Waals surface area (Å²) in [7, 11) is 0. The molecule has 1 heterocycles. The lowest BCUT2D eigenvalue weighted by Gasteiger charge is -2.28. The molecule has 4 N–H and O–H groups in total. The Kier molecular flexibility index (Phi) is 5.37. The number of hydrogen-bond acceptors (Lipinski definition) is 5. The van der Waals surface area contributed by atoms with Gasteiger partial charge in [0.2, 0.25) is 0 Å². The van der Waals surface area contributed by atoms with Crippen LogP contribution in [0.3, 0.4) is 0 Å². The molecule has 1 unspecified atom stereocenters. The van der Waals surface area contributed by atoms with E-state index in [0.717, 1.165) is 19.3 Å². The Bertz CT molecular complexity index is 488. The van der Waals surface area contributed by atoms with Crippen molar-refractivity contribution in [2.24, 2.45) is 5.92 Å². The molecule has 1 aromatic heterocycles. The van der Waals surface area contributed by atoms with Gasteiger partial charge in [-0.1, -0.05) is 13.3 Å². The molecule has 1 amide bonds. The number of fused-ring (bicyclic) bond motifs is 1. The first kappa shape index (κ1) is 16.4. The fourth-order valence-corrected chi connectivity index (χ4v) is 3.73. The van der Waals surface area contributed by atoms with Gasteiger partial charge in [0.15, 0.2) is 0 Å². The van der Waals surface area contributed by atoms with E-state index in [-0.39, 0.29) is 5.91 Å². The summed E-state index contributed by atoms with van der Waals surface area (Å²) in [5, 5.41) is 30.4. The molecule has 6 heteroatoms. The molecular weight excluding hydrogens is 290 g/mol. The van der Waals surface area contributed by atoms with Crippen molar-refractivity contribution in [1.82, 2.24) is 5.32 Å². The Morgan fingerprint density at radius 2 is 2.05 bits per heavy atom. The maximum atomic E-state index is 12.3. The molecule has 118 valence electrons. The molecule has 1 aromatic rings. The minimum Gasteiger partial charge on any atom is -0.394 e. The van der Waals surface area contributed by atoms with E-state index in [9.17, 15) is 20.1 Å². The summed E-state index contributed by atoms with van der Waals surface area (Å²) in [5.41, 5.74) is -0.126. The monoisotopic (exact) mass is 313 g/mol. The Hall–Kier alpha value is -0.950. The maximum Gasteiger partial charge on any atom is 0.262 e. The average molecular weight is 313 g/mol. The normalized spacial score (nSPS) is 18.4. The van der Waals surface area contributed by atoms with Crippen LogP contribution in [0.5, 0.6) is 0 Å². The van der Waals surface area contributed by atoms with Crippen LogP contribution in [0, 0.1) is 5.92 Å². The molecule has 0 saturated heterocycles. The van der Waals surface area contributed by atoms with Gasteiger partial charge in [-0.15, -0.1) is 11.3 Å². The standard InChI is InChI=1S/C15H23NO4S/c1-2-10-3-4-12-11(5-10)6-13(21-12)14(20)16-15(7-17,8-18)9-19/h6,10,17-19H,2-5,7-9H2,1H3,(H,16,20). The van der Waals surface area contributed by atoms with Crippen LogP contribution in [0.25, 0.3) is 0 Å². The molecule has 0 fully saturated rings. The van der Waals surface area contributed by atoms with Crippen molar-refractivity contribution < 1.29 is 20.1 Å². The first-order valence-electron chi connectivity index (χ1n) is 7.34. The Morgan fingerprint density at radius 3 is 2.62 bits per heavy atom. The number of thiophene rings is 1. The number of rotatable bonds is 6. The van der Waals surface area contributed by atoms with Crippen molar-refractivity contribution in [2.75, 3.05) is 19.8 Å². The minimum absolute atomic E-state index is 0.348. The molecule has 2 rings (SSSR count). The molecule has 0 radical (unpaired) electrons. The summed E-state index contributed by atoms with van der Waals surface area (Å²) in [6.45, 7) is 0.673. The van der Waals surface area contributed by atoms with Crippen LogP contribution in [0.4, 0.5) is 0 Å². The van der Waals surface area contributed by atoms with Gasteiger partial charge >= 0.3 is 0 Å². The van der Waals surface area contributed by atoms with E-state index in [1.807, 2.05) is 6.07 Å². The fraction of sp³-hybridized carbons (Fsp3) is 0.667. The van der Waals surface area contributed by atoms with Crippen LogP contribution in [0.2, 0.25) is 0 Å². The molecule has 0 bridgehead atoms. The van der Waals surface area contributed by atoms with E-state index < -0.39 is 25.4 Å². The lowest BCUT2D eigenvalue weighted by Crippen LogP contribution is -2.56. The Morgan fingerprint density at radius 1 is 1.38 bits per heavy atom. The van der Waals surface area contributed by atoms with Gasteiger partial charge < -0.3 is 20.6 Å². The number of aliphatic hydroxyl groups is 3. The van der Waals surface area contributed by atoms with Crippen molar-refractivity contribution in [3.8, 4) is 0 Å². The zero-order valence-corrected chi connectivity index (χ0v) is 13.1. The number of nitrogens with one attached hydrogen (secondary N) is 1. The second kappa shape index (κ2) is 6.87. The first-order chi connectivity index (χ1) is 10.1. The lowest BCUT2D eigenvalue weighted by molar-refractivity contribution is 0.0377. The summed E-state index contributed by atoms with van der Waals surface area (Å²) < 4.78 is 0. The van der Waals surface area contributed by atoms with Crippen molar-refractivity contribution >= 4 is 17.2 Å². The summed E-state index contributed by atoms with van der Waals surface area (Å²) in [5.74, 6) is 0.342. The predicted octanol–water partition coefficient (Wildman–Crippen LogP) is 0.708.